The number of halogens is 1. The van der Waals surface area contributed by atoms with Gasteiger partial charge in [-0.15, -0.1) is 0 Å². The first kappa shape index (κ1) is 12.5. The summed E-state index contributed by atoms with van der Waals surface area (Å²) in [7, 11) is 0. The van der Waals surface area contributed by atoms with Crippen LogP contribution in [0, 0.1) is 5.82 Å². The zero-order chi connectivity index (χ0) is 12.1. The predicted octanol–water partition coefficient (Wildman–Crippen LogP) is 2.05. The summed E-state index contributed by atoms with van der Waals surface area (Å²) in [5.74, 6) is -0.127. The highest BCUT2D eigenvalue weighted by atomic mass is 19.1. The Balaban J connectivity index is 1.75. The molecule has 0 aliphatic carbocycles. The van der Waals surface area contributed by atoms with Crippen LogP contribution < -0.4 is 5.32 Å². The van der Waals surface area contributed by atoms with Gasteiger partial charge in [0.05, 0.1) is 0 Å². The van der Waals surface area contributed by atoms with Crippen LogP contribution in [-0.4, -0.2) is 37.1 Å². The minimum absolute atomic E-state index is 0.127. The molecule has 2 nitrogen and oxygen atoms in total. The van der Waals surface area contributed by atoms with E-state index in [0.29, 0.717) is 6.04 Å². The maximum absolute atomic E-state index is 13.0. The Morgan fingerprint density at radius 3 is 3.12 bits per heavy atom. The summed E-state index contributed by atoms with van der Waals surface area (Å²) in [4.78, 5) is 2.51. The van der Waals surface area contributed by atoms with Crippen LogP contribution in [-0.2, 0) is 6.42 Å². The first-order valence-electron chi connectivity index (χ1n) is 6.45. The van der Waals surface area contributed by atoms with E-state index in [2.05, 4.69) is 17.1 Å². The van der Waals surface area contributed by atoms with Crippen molar-refractivity contribution in [2.24, 2.45) is 0 Å². The third-order valence-electron chi connectivity index (χ3n) is 3.44. The van der Waals surface area contributed by atoms with Gasteiger partial charge in [0.2, 0.25) is 0 Å². The molecule has 1 aromatic carbocycles. The Bertz CT molecular complexity index is 354. The Labute approximate surface area is 103 Å². The van der Waals surface area contributed by atoms with Gasteiger partial charge >= 0.3 is 0 Å². The Kier molecular flexibility index (Phi) is 4.51. The first-order chi connectivity index (χ1) is 8.25. The number of benzene rings is 1. The number of hydrogen-bond acceptors (Lipinski definition) is 2. The van der Waals surface area contributed by atoms with Crippen molar-refractivity contribution in [1.82, 2.24) is 10.2 Å². The molecule has 1 aliphatic rings. The second-order valence-electron chi connectivity index (χ2n) is 4.82. The number of nitrogens with zero attached hydrogens (tertiary/aromatic N) is 1. The highest BCUT2D eigenvalue weighted by molar-refractivity contribution is 5.16. The van der Waals surface area contributed by atoms with Crippen LogP contribution in [0.4, 0.5) is 4.39 Å². The maximum atomic E-state index is 13.0. The normalized spacial score (nSPS) is 21.6. The topological polar surface area (TPSA) is 15.3 Å². The van der Waals surface area contributed by atoms with Crippen LogP contribution >= 0.6 is 0 Å². The van der Waals surface area contributed by atoms with E-state index in [0.717, 1.165) is 44.6 Å². The maximum Gasteiger partial charge on any atom is 0.123 e. The third-order valence-corrected chi connectivity index (χ3v) is 3.44. The van der Waals surface area contributed by atoms with Crippen LogP contribution in [0.1, 0.15) is 18.9 Å². The van der Waals surface area contributed by atoms with Crippen LogP contribution in [0.5, 0.6) is 0 Å². The van der Waals surface area contributed by atoms with E-state index >= 15 is 0 Å². The quantitative estimate of drug-likeness (QED) is 0.860. The molecule has 1 atom stereocenters. The van der Waals surface area contributed by atoms with E-state index in [1.54, 1.807) is 12.1 Å². The monoisotopic (exact) mass is 236 g/mol. The molecule has 3 heteroatoms. The Morgan fingerprint density at radius 2 is 2.35 bits per heavy atom. The lowest BCUT2D eigenvalue weighted by Gasteiger charge is -2.33. The molecule has 1 heterocycles. The van der Waals surface area contributed by atoms with E-state index in [1.807, 2.05) is 6.07 Å². The Hall–Kier alpha value is -0.930. The fourth-order valence-corrected chi connectivity index (χ4v) is 2.39. The molecule has 1 N–H and O–H groups in total. The van der Waals surface area contributed by atoms with Crippen molar-refractivity contribution in [1.29, 1.82) is 0 Å². The van der Waals surface area contributed by atoms with Gasteiger partial charge in [0.25, 0.3) is 0 Å². The average molecular weight is 236 g/mol. The lowest BCUT2D eigenvalue weighted by atomic mass is 10.1. The smallest absolute Gasteiger partial charge is 0.123 e. The second kappa shape index (κ2) is 6.12. The summed E-state index contributed by atoms with van der Waals surface area (Å²) in [5, 5.41) is 3.39. The van der Waals surface area contributed by atoms with Gasteiger partial charge in [0, 0.05) is 25.7 Å². The molecule has 94 valence electrons. The first-order valence-corrected chi connectivity index (χ1v) is 6.45. The molecule has 0 aromatic heterocycles. The van der Waals surface area contributed by atoms with Crippen LogP contribution in [0.2, 0.25) is 0 Å². The van der Waals surface area contributed by atoms with Gasteiger partial charge in [-0.05, 0) is 44.0 Å². The van der Waals surface area contributed by atoms with Crippen molar-refractivity contribution >= 4 is 0 Å². The van der Waals surface area contributed by atoms with Crippen molar-refractivity contribution < 1.29 is 4.39 Å². The molecule has 17 heavy (non-hydrogen) atoms. The standard InChI is InChI=1S/C14H21FN2/c1-12-11-16-7-9-17(12)8-3-5-13-4-2-6-14(15)10-13/h2,4,6,10,12,16H,3,5,7-9,11H2,1H3. The molecule has 0 spiro atoms. The second-order valence-corrected chi connectivity index (χ2v) is 4.82. The van der Waals surface area contributed by atoms with Crippen molar-refractivity contribution in [2.45, 2.75) is 25.8 Å². The number of aryl methyl sites for hydroxylation is 1. The third kappa shape index (κ3) is 3.79. The van der Waals surface area contributed by atoms with Crippen LogP contribution in [0.15, 0.2) is 24.3 Å². The van der Waals surface area contributed by atoms with E-state index in [9.17, 15) is 4.39 Å². The van der Waals surface area contributed by atoms with E-state index in [4.69, 9.17) is 0 Å². The number of hydrogen-bond donors (Lipinski definition) is 1. The Morgan fingerprint density at radius 1 is 1.47 bits per heavy atom. The van der Waals surface area contributed by atoms with Crippen molar-refractivity contribution in [3.63, 3.8) is 0 Å². The van der Waals surface area contributed by atoms with Crippen molar-refractivity contribution in [3.05, 3.63) is 35.6 Å². The number of rotatable bonds is 4. The lowest BCUT2D eigenvalue weighted by molar-refractivity contribution is 0.172. The average Bonchev–Trinajstić information content (AvgIpc) is 2.32. The van der Waals surface area contributed by atoms with E-state index in [1.165, 1.54) is 6.07 Å². The SMILES string of the molecule is CC1CNCCN1CCCc1cccc(F)c1. The summed E-state index contributed by atoms with van der Waals surface area (Å²) >= 11 is 0. The molecule has 1 unspecified atom stereocenters. The molecule has 1 aromatic rings. The van der Waals surface area contributed by atoms with Gasteiger partial charge in [0.1, 0.15) is 5.82 Å². The van der Waals surface area contributed by atoms with Crippen molar-refractivity contribution in [2.75, 3.05) is 26.2 Å². The molecule has 1 saturated heterocycles. The van der Waals surface area contributed by atoms with E-state index in [-0.39, 0.29) is 5.82 Å². The minimum Gasteiger partial charge on any atom is -0.314 e. The number of piperazine rings is 1. The minimum atomic E-state index is -0.127. The number of nitrogens with one attached hydrogen (secondary N) is 1. The van der Waals surface area contributed by atoms with E-state index < -0.39 is 0 Å². The zero-order valence-corrected chi connectivity index (χ0v) is 10.5. The van der Waals surface area contributed by atoms with Gasteiger partial charge < -0.3 is 5.32 Å². The molecule has 1 fully saturated rings. The molecule has 2 rings (SSSR count). The summed E-state index contributed by atoms with van der Waals surface area (Å²) in [6, 6.07) is 7.56. The molecule has 0 radical (unpaired) electrons. The van der Waals surface area contributed by atoms with Crippen molar-refractivity contribution in [3.8, 4) is 0 Å². The molecule has 0 saturated carbocycles. The summed E-state index contributed by atoms with van der Waals surface area (Å²) in [6.45, 7) is 6.67. The highest BCUT2D eigenvalue weighted by Gasteiger charge is 2.16. The van der Waals surface area contributed by atoms with Gasteiger partial charge in [-0.25, -0.2) is 4.39 Å². The predicted molar refractivity (Wildman–Crippen MR) is 68.6 cm³/mol. The molecule has 0 bridgehead atoms. The fraction of sp³-hybridized carbons (Fsp3) is 0.571. The largest absolute Gasteiger partial charge is 0.314 e. The molecular formula is C14H21FN2. The summed E-state index contributed by atoms with van der Waals surface area (Å²) in [5.41, 5.74) is 1.10. The van der Waals surface area contributed by atoms with Gasteiger partial charge in [0.15, 0.2) is 0 Å². The molecular weight excluding hydrogens is 215 g/mol. The molecule has 0 amide bonds. The van der Waals surface area contributed by atoms with Gasteiger partial charge in [-0.2, -0.15) is 0 Å². The molecule has 1 aliphatic heterocycles. The summed E-state index contributed by atoms with van der Waals surface area (Å²) < 4.78 is 13.0. The van der Waals surface area contributed by atoms with Crippen LogP contribution in [0.25, 0.3) is 0 Å². The zero-order valence-electron chi connectivity index (χ0n) is 10.5. The highest BCUT2D eigenvalue weighted by Crippen LogP contribution is 2.09. The summed E-state index contributed by atoms with van der Waals surface area (Å²) in [6.07, 6.45) is 2.07. The van der Waals surface area contributed by atoms with Crippen LogP contribution in [0.3, 0.4) is 0 Å². The van der Waals surface area contributed by atoms with Gasteiger partial charge in [-0.1, -0.05) is 12.1 Å². The lowest BCUT2D eigenvalue weighted by Crippen LogP contribution is -2.49. The van der Waals surface area contributed by atoms with Gasteiger partial charge in [-0.3, -0.25) is 4.90 Å². The fourth-order valence-electron chi connectivity index (χ4n) is 2.39.